The molecule has 0 saturated heterocycles. The van der Waals surface area contributed by atoms with Gasteiger partial charge in [-0.3, -0.25) is 0 Å². The first-order chi connectivity index (χ1) is 8.57. The van der Waals surface area contributed by atoms with Gasteiger partial charge in [-0.05, 0) is 48.6 Å². The van der Waals surface area contributed by atoms with Crippen LogP contribution < -0.4 is 0 Å². The van der Waals surface area contributed by atoms with E-state index in [0.717, 1.165) is 24.8 Å². The lowest BCUT2D eigenvalue weighted by atomic mass is 9.72. The van der Waals surface area contributed by atoms with Crippen molar-refractivity contribution in [2.45, 2.75) is 29.7 Å². The lowest BCUT2D eigenvalue weighted by Gasteiger charge is -2.37. The minimum Gasteiger partial charge on any atom is -0.219 e. The van der Waals surface area contributed by atoms with Crippen LogP contribution in [-0.4, -0.2) is 14.5 Å². The van der Waals surface area contributed by atoms with Crippen molar-refractivity contribution in [2.24, 2.45) is 4.99 Å². The van der Waals surface area contributed by atoms with Crippen LogP contribution in [0.4, 0.5) is 0 Å². The second-order valence-corrected chi connectivity index (χ2v) is 6.49. The number of aliphatic imine (C=N–C) groups is 1. The Labute approximate surface area is 105 Å². The molecule has 1 aliphatic heterocycles. The number of hydrogen-bond donors (Lipinski definition) is 0. The predicted molar refractivity (Wildman–Crippen MR) is 66.3 cm³/mol. The average molecular weight is 261 g/mol. The summed E-state index contributed by atoms with van der Waals surface area (Å²) in [5.74, 6) is 0. The van der Waals surface area contributed by atoms with E-state index in [2.05, 4.69) is 4.99 Å². The molecule has 2 aliphatic rings. The molecule has 1 aromatic carbocycles. The third-order valence-corrected chi connectivity index (χ3v) is 5.20. The maximum absolute atomic E-state index is 11.7. The highest BCUT2D eigenvalue weighted by Crippen LogP contribution is 2.45. The van der Waals surface area contributed by atoms with Crippen LogP contribution in [-0.2, 0) is 20.2 Å². The Morgan fingerprint density at radius 2 is 2.06 bits per heavy atom. The minimum atomic E-state index is -3.26. The van der Waals surface area contributed by atoms with Crippen molar-refractivity contribution >= 4 is 22.0 Å². The van der Waals surface area contributed by atoms with E-state index in [0.29, 0.717) is 10.5 Å². The first-order valence-corrected chi connectivity index (χ1v) is 7.29. The first-order valence-electron chi connectivity index (χ1n) is 5.74. The summed E-state index contributed by atoms with van der Waals surface area (Å²) < 4.78 is 23.3. The molecule has 1 saturated carbocycles. The average Bonchev–Trinajstić information content (AvgIpc) is 2.60. The normalized spacial score (nSPS) is 21.8. The van der Waals surface area contributed by atoms with Crippen molar-refractivity contribution in [3.8, 4) is 0 Å². The summed E-state index contributed by atoms with van der Waals surface area (Å²) in [6.07, 6.45) is 5.88. The monoisotopic (exact) mass is 261 g/mol. The van der Waals surface area contributed by atoms with Gasteiger partial charge in [0.15, 0.2) is 9.84 Å². The highest BCUT2D eigenvalue weighted by Gasteiger charge is 2.39. The summed E-state index contributed by atoms with van der Waals surface area (Å²) in [5.41, 5.74) is 1.11. The Balaban J connectivity index is 2.12. The number of isocyanates is 1. The van der Waals surface area contributed by atoms with E-state index >= 15 is 0 Å². The van der Waals surface area contributed by atoms with Crippen LogP contribution >= 0.6 is 0 Å². The van der Waals surface area contributed by atoms with E-state index in [4.69, 9.17) is 0 Å². The molecule has 0 amide bonds. The van der Waals surface area contributed by atoms with Gasteiger partial charge >= 0.3 is 0 Å². The molecular formula is C13H11NO3S. The summed E-state index contributed by atoms with van der Waals surface area (Å²) in [6, 6.07) is 5.17. The standard InChI is InChI=1S/C13H11NO3S/c15-9-14-13(5-1-6-13)11-2-3-12-10(8-11)4-7-18(12,16)17/h2-4,7-8H,1,5-6H2. The van der Waals surface area contributed by atoms with Gasteiger partial charge in [-0.15, -0.1) is 0 Å². The second-order valence-electron chi connectivity index (χ2n) is 4.69. The van der Waals surface area contributed by atoms with Crippen molar-refractivity contribution in [3.05, 3.63) is 34.7 Å². The largest absolute Gasteiger partial charge is 0.235 e. The Kier molecular flexibility index (Phi) is 2.30. The first kappa shape index (κ1) is 11.4. The van der Waals surface area contributed by atoms with Gasteiger partial charge in [0.2, 0.25) is 6.08 Å². The van der Waals surface area contributed by atoms with Crippen molar-refractivity contribution < 1.29 is 13.2 Å². The van der Waals surface area contributed by atoms with Gasteiger partial charge in [0.25, 0.3) is 0 Å². The number of carbonyl (C=O) groups excluding carboxylic acids is 1. The fourth-order valence-electron chi connectivity index (χ4n) is 2.53. The van der Waals surface area contributed by atoms with Crippen LogP contribution in [0.25, 0.3) is 6.08 Å². The third kappa shape index (κ3) is 1.48. The maximum atomic E-state index is 11.7. The number of benzene rings is 1. The van der Waals surface area contributed by atoms with Gasteiger partial charge in [0, 0.05) is 5.41 Å². The Morgan fingerprint density at radius 3 is 2.67 bits per heavy atom. The van der Waals surface area contributed by atoms with E-state index in [1.54, 1.807) is 24.3 Å². The fourth-order valence-corrected chi connectivity index (χ4v) is 3.71. The number of sulfone groups is 1. The molecule has 0 bridgehead atoms. The molecule has 0 N–H and O–H groups in total. The second kappa shape index (κ2) is 3.64. The SMILES string of the molecule is O=C=NC1(c2ccc3c(c2)C=CS3(=O)=O)CCC1. The number of fused-ring (bicyclic) bond motifs is 1. The zero-order valence-electron chi connectivity index (χ0n) is 9.59. The molecule has 3 rings (SSSR count). The Morgan fingerprint density at radius 1 is 1.28 bits per heavy atom. The number of nitrogens with zero attached hydrogens (tertiary/aromatic N) is 1. The molecule has 0 spiro atoms. The smallest absolute Gasteiger partial charge is 0.219 e. The molecule has 92 valence electrons. The van der Waals surface area contributed by atoms with Gasteiger partial charge in [0.1, 0.15) is 0 Å². The highest BCUT2D eigenvalue weighted by molar-refractivity contribution is 7.94. The van der Waals surface area contributed by atoms with E-state index in [1.165, 1.54) is 5.41 Å². The van der Waals surface area contributed by atoms with E-state index in [1.807, 2.05) is 6.07 Å². The van der Waals surface area contributed by atoms with Crippen LogP contribution in [0.1, 0.15) is 30.4 Å². The van der Waals surface area contributed by atoms with Gasteiger partial charge in [0.05, 0.1) is 10.4 Å². The molecule has 0 unspecified atom stereocenters. The topological polar surface area (TPSA) is 63.6 Å². The van der Waals surface area contributed by atoms with Crippen LogP contribution in [0, 0.1) is 0 Å². The van der Waals surface area contributed by atoms with Crippen LogP contribution in [0.15, 0.2) is 33.5 Å². The van der Waals surface area contributed by atoms with E-state index in [-0.39, 0.29) is 0 Å². The lowest BCUT2D eigenvalue weighted by molar-refractivity contribution is 0.256. The van der Waals surface area contributed by atoms with Gasteiger partial charge in [-0.1, -0.05) is 6.07 Å². The predicted octanol–water partition coefficient (Wildman–Crippen LogP) is 2.16. The van der Waals surface area contributed by atoms with Crippen molar-refractivity contribution in [1.82, 2.24) is 0 Å². The molecule has 4 nitrogen and oxygen atoms in total. The summed E-state index contributed by atoms with van der Waals surface area (Å²) in [6.45, 7) is 0. The lowest BCUT2D eigenvalue weighted by Crippen LogP contribution is -2.31. The molecule has 5 heteroatoms. The molecule has 0 atom stereocenters. The molecule has 1 aromatic rings. The number of hydrogen-bond acceptors (Lipinski definition) is 4. The molecule has 18 heavy (non-hydrogen) atoms. The summed E-state index contributed by atoms with van der Waals surface area (Å²) >= 11 is 0. The van der Waals surface area contributed by atoms with Crippen molar-refractivity contribution in [1.29, 1.82) is 0 Å². The van der Waals surface area contributed by atoms with Crippen molar-refractivity contribution in [2.75, 3.05) is 0 Å². The quantitative estimate of drug-likeness (QED) is 0.605. The Bertz CT molecular complexity index is 693. The molecule has 1 aliphatic carbocycles. The van der Waals surface area contributed by atoms with Crippen LogP contribution in [0.5, 0.6) is 0 Å². The zero-order chi connectivity index (χ0) is 12.8. The van der Waals surface area contributed by atoms with Crippen molar-refractivity contribution in [3.63, 3.8) is 0 Å². The van der Waals surface area contributed by atoms with Gasteiger partial charge < -0.3 is 0 Å². The highest BCUT2D eigenvalue weighted by atomic mass is 32.2. The van der Waals surface area contributed by atoms with E-state index in [9.17, 15) is 13.2 Å². The number of rotatable bonds is 2. The maximum Gasteiger partial charge on any atom is 0.235 e. The molecule has 0 aromatic heterocycles. The van der Waals surface area contributed by atoms with Crippen LogP contribution in [0.3, 0.4) is 0 Å². The summed E-state index contributed by atoms with van der Waals surface area (Å²) in [4.78, 5) is 14.8. The fraction of sp³-hybridized carbons (Fsp3) is 0.308. The summed E-state index contributed by atoms with van der Waals surface area (Å²) in [7, 11) is -3.26. The third-order valence-electron chi connectivity index (χ3n) is 3.72. The molecular weight excluding hydrogens is 250 g/mol. The van der Waals surface area contributed by atoms with Gasteiger partial charge in [-0.2, -0.15) is 4.99 Å². The zero-order valence-corrected chi connectivity index (χ0v) is 10.4. The van der Waals surface area contributed by atoms with E-state index < -0.39 is 15.4 Å². The molecule has 1 heterocycles. The van der Waals surface area contributed by atoms with Gasteiger partial charge in [-0.25, -0.2) is 13.2 Å². The summed E-state index contributed by atoms with van der Waals surface area (Å²) in [5, 5.41) is 1.21. The minimum absolute atomic E-state index is 0.329. The molecule has 1 fully saturated rings. The van der Waals surface area contributed by atoms with Crippen LogP contribution in [0.2, 0.25) is 0 Å². The Hall–Kier alpha value is -1.71. The molecule has 0 radical (unpaired) electrons.